The molecule has 0 amide bonds. The van der Waals surface area contributed by atoms with Gasteiger partial charge in [0.05, 0.1) is 24.8 Å². The van der Waals surface area contributed by atoms with E-state index >= 15 is 0 Å². The van der Waals surface area contributed by atoms with E-state index in [0.717, 1.165) is 47.8 Å². The molecule has 0 saturated carbocycles. The van der Waals surface area contributed by atoms with E-state index < -0.39 is 17.6 Å². The molecule has 2 aromatic carbocycles. The summed E-state index contributed by atoms with van der Waals surface area (Å²) in [4.78, 5) is 19.8. The van der Waals surface area contributed by atoms with Crippen molar-refractivity contribution in [3.63, 3.8) is 0 Å². The van der Waals surface area contributed by atoms with E-state index in [1.165, 1.54) is 17.4 Å². The van der Waals surface area contributed by atoms with Crippen molar-refractivity contribution in [1.82, 2.24) is 14.5 Å². The van der Waals surface area contributed by atoms with Crippen LogP contribution in [0.1, 0.15) is 46.4 Å². The number of carboxylic acid groups (broad SMARTS) is 1. The zero-order valence-electron chi connectivity index (χ0n) is 22.2. The average molecular weight is 596 g/mol. The van der Waals surface area contributed by atoms with Gasteiger partial charge in [0.15, 0.2) is 11.5 Å². The number of nitrogens with zero attached hydrogens (tertiary/aromatic N) is 3. The molecule has 1 fully saturated rings. The number of halogens is 2. The second-order valence-electron chi connectivity index (χ2n) is 10.6. The summed E-state index contributed by atoms with van der Waals surface area (Å²) < 4.78 is 35.0. The van der Waals surface area contributed by atoms with Gasteiger partial charge in [-0.1, -0.05) is 29.8 Å². The number of aromatic carboxylic acids is 1. The molecule has 0 radical (unpaired) electrons. The maximum absolute atomic E-state index is 14.8. The SMILES string of the molecule is C[C@@]1(c2ccc(Cl)cc2F)Oc2cccc(C3=CCN(Cc4nc5cc(C(=O)O)sc5n4C[C@@H]4CCO4)CC3)c2O1. The van der Waals surface area contributed by atoms with Crippen LogP contribution >= 0.6 is 22.9 Å². The molecule has 1 saturated heterocycles. The highest BCUT2D eigenvalue weighted by Crippen LogP contribution is 2.49. The van der Waals surface area contributed by atoms with E-state index in [1.54, 1.807) is 25.1 Å². The fourth-order valence-electron chi connectivity index (χ4n) is 5.66. The van der Waals surface area contributed by atoms with Crippen LogP contribution in [-0.4, -0.2) is 51.3 Å². The number of fused-ring (bicyclic) bond motifs is 2. The minimum atomic E-state index is -1.30. The predicted octanol–water partition coefficient (Wildman–Crippen LogP) is 6.31. The van der Waals surface area contributed by atoms with Gasteiger partial charge in [-0.25, -0.2) is 14.2 Å². The Labute approximate surface area is 244 Å². The molecule has 4 aromatic rings. The Morgan fingerprint density at radius 3 is 2.83 bits per heavy atom. The van der Waals surface area contributed by atoms with Crippen LogP contribution in [-0.2, 0) is 23.6 Å². The normalized spacial score (nSPS) is 22.1. The average Bonchev–Trinajstić information content (AvgIpc) is 3.57. The van der Waals surface area contributed by atoms with Gasteiger partial charge >= 0.3 is 5.97 Å². The van der Waals surface area contributed by atoms with E-state index in [4.69, 9.17) is 30.8 Å². The number of thiophene rings is 1. The Kier molecular flexibility index (Phi) is 6.54. The fraction of sp³-hybridized carbons (Fsp3) is 0.333. The minimum Gasteiger partial charge on any atom is -0.477 e. The van der Waals surface area contributed by atoms with Gasteiger partial charge in [0, 0.05) is 37.2 Å². The van der Waals surface area contributed by atoms with Crippen molar-refractivity contribution in [2.75, 3.05) is 19.7 Å². The first-order chi connectivity index (χ1) is 19.8. The Bertz CT molecular complexity index is 1710. The molecule has 5 heterocycles. The maximum Gasteiger partial charge on any atom is 0.346 e. The van der Waals surface area contributed by atoms with Gasteiger partial charge in [0.25, 0.3) is 5.79 Å². The van der Waals surface area contributed by atoms with Crippen molar-refractivity contribution >= 4 is 44.8 Å². The summed E-state index contributed by atoms with van der Waals surface area (Å²) in [5, 5.41) is 9.76. The van der Waals surface area contributed by atoms with E-state index in [-0.39, 0.29) is 11.7 Å². The van der Waals surface area contributed by atoms with Gasteiger partial charge in [-0.05, 0) is 48.7 Å². The second kappa shape index (κ2) is 10.1. The number of rotatable bonds is 7. The van der Waals surface area contributed by atoms with Gasteiger partial charge < -0.3 is 23.9 Å². The van der Waals surface area contributed by atoms with E-state index in [0.29, 0.717) is 46.5 Å². The van der Waals surface area contributed by atoms with Gasteiger partial charge in [0.2, 0.25) is 0 Å². The molecule has 2 atom stereocenters. The molecular weight excluding hydrogens is 569 g/mol. The zero-order chi connectivity index (χ0) is 28.3. The molecule has 212 valence electrons. The van der Waals surface area contributed by atoms with Crippen LogP contribution in [0.15, 0.2) is 48.5 Å². The second-order valence-corrected chi connectivity index (χ2v) is 12.1. The van der Waals surface area contributed by atoms with E-state index in [1.807, 2.05) is 18.2 Å². The number of benzene rings is 2. The number of hydrogen-bond acceptors (Lipinski definition) is 7. The summed E-state index contributed by atoms with van der Waals surface area (Å²) >= 11 is 7.21. The fourth-order valence-corrected chi connectivity index (χ4v) is 6.78. The lowest BCUT2D eigenvalue weighted by atomic mass is 9.98. The topological polar surface area (TPSA) is 86.1 Å². The Hall–Kier alpha value is -3.44. The highest BCUT2D eigenvalue weighted by atomic mass is 35.5. The molecule has 1 N–H and O–H groups in total. The van der Waals surface area contributed by atoms with Crippen LogP contribution in [0.4, 0.5) is 4.39 Å². The molecule has 0 unspecified atom stereocenters. The number of carbonyl (C=O) groups is 1. The predicted molar refractivity (Wildman–Crippen MR) is 153 cm³/mol. The summed E-state index contributed by atoms with van der Waals surface area (Å²) in [5.74, 6) is -0.631. The van der Waals surface area contributed by atoms with Gasteiger partial charge in [0.1, 0.15) is 26.9 Å². The molecule has 7 rings (SSSR count). The minimum absolute atomic E-state index is 0.129. The third-order valence-corrected chi connectivity index (χ3v) is 9.27. The van der Waals surface area contributed by atoms with Gasteiger partial charge in [-0.2, -0.15) is 0 Å². The van der Waals surface area contributed by atoms with Crippen molar-refractivity contribution < 1.29 is 28.5 Å². The number of aromatic nitrogens is 2. The Balaban J connectivity index is 1.11. The number of para-hydroxylation sites is 1. The third-order valence-electron chi connectivity index (χ3n) is 7.90. The maximum atomic E-state index is 14.8. The number of imidazole rings is 1. The van der Waals surface area contributed by atoms with Crippen LogP contribution in [0.2, 0.25) is 5.02 Å². The van der Waals surface area contributed by atoms with Crippen molar-refractivity contribution in [2.24, 2.45) is 0 Å². The highest BCUT2D eigenvalue weighted by Gasteiger charge is 2.42. The first kappa shape index (κ1) is 26.5. The van der Waals surface area contributed by atoms with Crippen LogP contribution < -0.4 is 9.47 Å². The van der Waals surface area contributed by atoms with Crippen molar-refractivity contribution in [1.29, 1.82) is 0 Å². The lowest BCUT2D eigenvalue weighted by Crippen LogP contribution is -2.33. The largest absolute Gasteiger partial charge is 0.477 e. The van der Waals surface area contributed by atoms with Gasteiger partial charge in [-0.3, -0.25) is 4.90 Å². The zero-order valence-corrected chi connectivity index (χ0v) is 23.8. The lowest BCUT2D eigenvalue weighted by molar-refractivity contribution is -0.0708. The van der Waals surface area contributed by atoms with Crippen molar-refractivity contribution in [3.05, 3.63) is 81.2 Å². The number of carboxylic acids is 1. The molecule has 0 bridgehead atoms. The van der Waals surface area contributed by atoms with Crippen LogP contribution in [0.5, 0.6) is 11.5 Å². The standard InChI is InChI=1S/C30H27ClFN3O5S/c1-30(21-6-5-18(31)13-22(21)32)39-24-4-2-3-20(27(24)40-30)17-7-10-34(11-8-17)16-26-33-23-14-25(29(36)37)41-28(23)35(26)15-19-9-12-38-19/h2-7,13-14,19H,8-12,15-16H2,1H3,(H,36,37)/t19-,30+/m0/s1. The molecule has 11 heteroatoms. The van der Waals surface area contributed by atoms with Crippen LogP contribution in [0, 0.1) is 5.82 Å². The quantitative estimate of drug-likeness (QED) is 0.268. The molecule has 0 spiro atoms. The molecule has 41 heavy (non-hydrogen) atoms. The Morgan fingerprint density at radius 1 is 1.27 bits per heavy atom. The number of hydrogen-bond donors (Lipinski definition) is 1. The molecule has 0 aliphatic carbocycles. The van der Waals surface area contributed by atoms with Crippen molar-refractivity contribution in [3.8, 4) is 11.5 Å². The summed E-state index contributed by atoms with van der Waals surface area (Å²) in [5.41, 5.74) is 3.07. The first-order valence-corrected chi connectivity index (χ1v) is 14.7. The molecule has 3 aliphatic heterocycles. The number of ether oxygens (including phenoxy) is 3. The third kappa shape index (κ3) is 4.78. The first-order valence-electron chi connectivity index (χ1n) is 13.5. The summed E-state index contributed by atoms with van der Waals surface area (Å²) in [6, 6.07) is 11.9. The molecular formula is C30H27ClFN3O5S. The van der Waals surface area contributed by atoms with Crippen LogP contribution in [0.3, 0.4) is 0 Å². The van der Waals surface area contributed by atoms with E-state index in [2.05, 4.69) is 15.5 Å². The summed E-state index contributed by atoms with van der Waals surface area (Å²) in [6.45, 7) is 5.29. The van der Waals surface area contributed by atoms with E-state index in [9.17, 15) is 14.3 Å². The monoisotopic (exact) mass is 595 g/mol. The smallest absolute Gasteiger partial charge is 0.346 e. The summed E-state index contributed by atoms with van der Waals surface area (Å²) in [7, 11) is 0. The van der Waals surface area contributed by atoms with Crippen LogP contribution in [0.25, 0.3) is 15.9 Å². The molecule has 3 aliphatic rings. The molecule has 2 aromatic heterocycles. The summed E-state index contributed by atoms with van der Waals surface area (Å²) in [6.07, 6.45) is 4.09. The Morgan fingerprint density at radius 2 is 2.12 bits per heavy atom. The van der Waals surface area contributed by atoms with Gasteiger partial charge in [-0.15, -0.1) is 11.3 Å². The van der Waals surface area contributed by atoms with Crippen molar-refractivity contribution in [2.45, 2.75) is 44.7 Å². The highest BCUT2D eigenvalue weighted by molar-refractivity contribution is 7.20. The molecule has 8 nitrogen and oxygen atoms in total. The lowest BCUT2D eigenvalue weighted by Gasteiger charge is -2.29.